The largest absolute Gasteiger partial charge is 0.483 e. The average molecular weight is 536 g/mol. The molecule has 3 rings (SSSR count). The van der Waals surface area contributed by atoms with Gasteiger partial charge >= 0.3 is 0 Å². The van der Waals surface area contributed by atoms with E-state index >= 15 is 0 Å². The molecule has 1 aromatic carbocycles. The van der Waals surface area contributed by atoms with Crippen molar-refractivity contribution >= 4 is 24.1 Å². The Morgan fingerprint density at radius 1 is 1.16 bits per heavy atom. The number of carboxylic acid groups (broad SMARTS) is 1. The third kappa shape index (κ3) is 9.50. The second-order valence-electron chi connectivity index (χ2n) is 10.7. The van der Waals surface area contributed by atoms with Crippen LogP contribution in [0.25, 0.3) is 0 Å². The fraction of sp³-hybridized carbons (Fsp3) is 0.455. The summed E-state index contributed by atoms with van der Waals surface area (Å²) in [5.41, 5.74) is 6.09. The zero-order valence-corrected chi connectivity index (χ0v) is 24.7. The van der Waals surface area contributed by atoms with Crippen LogP contribution >= 0.6 is 11.8 Å². The summed E-state index contributed by atoms with van der Waals surface area (Å²) in [6.07, 6.45) is 12.5. The molecule has 1 aromatic rings. The molecule has 1 amide bonds. The van der Waals surface area contributed by atoms with Gasteiger partial charge in [0.1, 0.15) is 0 Å². The molecule has 38 heavy (non-hydrogen) atoms. The Bertz CT molecular complexity index is 1100. The maximum Gasteiger partial charge on any atom is 0.290 e. The van der Waals surface area contributed by atoms with Crippen LogP contribution in [0.1, 0.15) is 83.8 Å². The number of rotatable bonds is 13. The highest BCUT2D eigenvalue weighted by Crippen LogP contribution is 2.53. The van der Waals surface area contributed by atoms with Crippen LogP contribution in [0.5, 0.6) is 0 Å². The van der Waals surface area contributed by atoms with Gasteiger partial charge in [0.05, 0.1) is 12.0 Å². The van der Waals surface area contributed by atoms with Crippen molar-refractivity contribution in [3.05, 3.63) is 93.3 Å². The van der Waals surface area contributed by atoms with E-state index in [2.05, 4.69) is 82.2 Å². The molecule has 4 nitrogen and oxygen atoms in total. The monoisotopic (exact) mass is 535 g/mol. The fourth-order valence-corrected chi connectivity index (χ4v) is 5.26. The van der Waals surface area contributed by atoms with E-state index in [4.69, 9.17) is 9.90 Å². The van der Waals surface area contributed by atoms with Crippen LogP contribution < -0.4 is 0 Å². The lowest BCUT2D eigenvalue weighted by molar-refractivity contribution is -0.135. The molecule has 2 aliphatic rings. The van der Waals surface area contributed by atoms with Gasteiger partial charge in [0, 0.05) is 11.4 Å². The second-order valence-corrected chi connectivity index (χ2v) is 12.1. The Labute approximate surface area is 234 Å². The Morgan fingerprint density at radius 2 is 1.82 bits per heavy atom. The topological polar surface area (TPSA) is 57.6 Å². The summed E-state index contributed by atoms with van der Waals surface area (Å²) >= 11 is 1.71. The molecule has 0 atom stereocenters. The molecule has 0 unspecified atom stereocenters. The molecular weight excluding hydrogens is 490 g/mol. The quantitative estimate of drug-likeness (QED) is 0.203. The first-order valence-electron chi connectivity index (χ1n) is 13.5. The highest BCUT2D eigenvalue weighted by molar-refractivity contribution is 8.06. The summed E-state index contributed by atoms with van der Waals surface area (Å²) < 4.78 is 0. The predicted molar refractivity (Wildman–Crippen MR) is 162 cm³/mol. The van der Waals surface area contributed by atoms with Crippen molar-refractivity contribution in [3.63, 3.8) is 0 Å². The highest BCUT2D eigenvalue weighted by atomic mass is 32.2. The van der Waals surface area contributed by atoms with Gasteiger partial charge in [-0.15, -0.1) is 0 Å². The smallest absolute Gasteiger partial charge is 0.290 e. The van der Waals surface area contributed by atoms with Crippen LogP contribution in [0.3, 0.4) is 0 Å². The lowest BCUT2D eigenvalue weighted by Crippen LogP contribution is -2.39. The number of hydrogen-bond acceptors (Lipinski definition) is 3. The Morgan fingerprint density at radius 3 is 2.37 bits per heavy atom. The summed E-state index contributed by atoms with van der Waals surface area (Å²) in [5.74, 6) is 1.04. The fourth-order valence-electron chi connectivity index (χ4n) is 4.40. The molecule has 5 heteroatoms. The number of thioether (sulfide) groups is 1. The minimum atomic E-state index is -0.347. The van der Waals surface area contributed by atoms with Crippen molar-refractivity contribution in [2.75, 3.05) is 13.1 Å². The van der Waals surface area contributed by atoms with Crippen LogP contribution in [0.15, 0.2) is 82.2 Å². The molecular formula is C33H45NO3S. The molecule has 0 bridgehead atoms. The van der Waals surface area contributed by atoms with E-state index < -0.39 is 0 Å². The summed E-state index contributed by atoms with van der Waals surface area (Å²) in [4.78, 5) is 26.7. The third-order valence-corrected chi connectivity index (χ3v) is 8.51. The van der Waals surface area contributed by atoms with E-state index in [1.54, 1.807) is 11.8 Å². The summed E-state index contributed by atoms with van der Waals surface area (Å²) in [7, 11) is 0. The standard InChI is InChI=1S/C32H43NOS.CH2O2/c1-8-24(4)14-15-25(5)32(18-19-32)31(34)33(22-26(6)35-27(7)23(2)3)20-10-12-28-11-9-13-30(21-28)29-16-17-29;2-1-3/h8-9,11,13-15,21,29H,1,6,10,12,16-20,22H2,2-5,7H3;1H,(H,2,3)/b24-14-,25-15+;. The molecule has 0 aromatic heterocycles. The maximum atomic E-state index is 13.9. The van der Waals surface area contributed by atoms with E-state index in [0.29, 0.717) is 6.54 Å². The summed E-state index contributed by atoms with van der Waals surface area (Å²) in [5, 5.41) is 6.89. The number of nitrogens with zero attached hydrogens (tertiary/aromatic N) is 1. The Balaban J connectivity index is 0.00000161. The maximum absolute atomic E-state index is 13.9. The van der Waals surface area contributed by atoms with E-state index in [0.717, 1.165) is 54.2 Å². The Hall–Kier alpha value is -2.79. The van der Waals surface area contributed by atoms with Gasteiger partial charge in [-0.25, -0.2) is 0 Å². The van der Waals surface area contributed by atoms with Crippen LogP contribution in [-0.2, 0) is 16.0 Å². The minimum Gasteiger partial charge on any atom is -0.483 e. The summed E-state index contributed by atoms with van der Waals surface area (Å²) in [6.45, 7) is 19.8. The first-order chi connectivity index (χ1) is 18.1. The SMILES string of the molecule is C=C/C(C)=C\C=C(/C)C1(C(=O)N(CCCc2cccc(C3CC3)c2)CC(=C)SC(C)=C(C)C)CC1.O=CO. The predicted octanol–water partition coefficient (Wildman–Crippen LogP) is 8.45. The van der Waals surface area contributed by atoms with Crippen molar-refractivity contribution in [1.82, 2.24) is 4.90 Å². The number of carbonyl (C=O) groups excluding carboxylic acids is 1. The number of aryl methyl sites for hydroxylation is 1. The van der Waals surface area contributed by atoms with Crippen LogP contribution in [-0.4, -0.2) is 35.5 Å². The minimum absolute atomic E-state index is 0.250. The van der Waals surface area contributed by atoms with Crippen molar-refractivity contribution < 1.29 is 14.7 Å². The number of benzene rings is 1. The van der Waals surface area contributed by atoms with Crippen molar-refractivity contribution in [2.45, 2.75) is 79.1 Å². The first kappa shape index (κ1) is 31.4. The van der Waals surface area contributed by atoms with Gasteiger partial charge in [-0.2, -0.15) is 0 Å². The van der Waals surface area contributed by atoms with Crippen molar-refractivity contribution in [2.24, 2.45) is 5.41 Å². The molecule has 0 radical (unpaired) electrons. The molecule has 2 fully saturated rings. The zero-order chi connectivity index (χ0) is 28.3. The molecule has 1 N–H and O–H groups in total. The van der Waals surface area contributed by atoms with Gasteiger partial charge in [0.15, 0.2) is 0 Å². The number of hydrogen-bond donors (Lipinski definition) is 1. The van der Waals surface area contributed by atoms with Gasteiger partial charge < -0.3 is 10.0 Å². The van der Waals surface area contributed by atoms with Gasteiger partial charge in [0.2, 0.25) is 5.91 Å². The highest BCUT2D eigenvalue weighted by Gasteiger charge is 2.52. The van der Waals surface area contributed by atoms with E-state index in [1.807, 2.05) is 13.0 Å². The number of allylic oxidation sites excluding steroid dienone is 6. The van der Waals surface area contributed by atoms with Gasteiger partial charge in [-0.1, -0.05) is 84.1 Å². The third-order valence-electron chi connectivity index (χ3n) is 7.38. The van der Waals surface area contributed by atoms with Crippen molar-refractivity contribution in [1.29, 1.82) is 0 Å². The van der Waals surface area contributed by atoms with Crippen LogP contribution in [0.2, 0.25) is 0 Å². The van der Waals surface area contributed by atoms with Crippen molar-refractivity contribution in [3.8, 4) is 0 Å². The first-order valence-corrected chi connectivity index (χ1v) is 14.3. The zero-order valence-electron chi connectivity index (χ0n) is 23.9. The molecule has 206 valence electrons. The van der Waals surface area contributed by atoms with E-state index in [-0.39, 0.29) is 17.8 Å². The number of carbonyl (C=O) groups is 2. The molecule has 0 spiro atoms. The van der Waals surface area contributed by atoms with Crippen LogP contribution in [0, 0.1) is 5.41 Å². The van der Waals surface area contributed by atoms with Gasteiger partial charge in [-0.05, 0) is 95.1 Å². The molecule has 2 saturated carbocycles. The van der Waals surface area contributed by atoms with Gasteiger partial charge in [0.25, 0.3) is 6.47 Å². The normalized spacial score (nSPS) is 16.0. The van der Waals surface area contributed by atoms with Crippen LogP contribution in [0.4, 0.5) is 0 Å². The molecule has 2 aliphatic carbocycles. The van der Waals surface area contributed by atoms with Gasteiger partial charge in [-0.3, -0.25) is 9.59 Å². The average Bonchev–Trinajstić information content (AvgIpc) is 3.80. The lowest BCUT2D eigenvalue weighted by atomic mass is 9.94. The molecule has 0 aliphatic heterocycles. The lowest BCUT2D eigenvalue weighted by Gasteiger charge is -2.29. The number of amides is 1. The molecule has 0 saturated heterocycles. The van der Waals surface area contributed by atoms with E-state index in [1.165, 1.54) is 34.4 Å². The summed E-state index contributed by atoms with van der Waals surface area (Å²) in [6, 6.07) is 9.06. The molecule has 0 heterocycles. The van der Waals surface area contributed by atoms with E-state index in [9.17, 15) is 4.79 Å². The Kier molecular flexibility index (Phi) is 12.4. The second kappa shape index (κ2) is 15.0.